The Bertz CT molecular complexity index is 1040. The highest BCUT2D eigenvalue weighted by atomic mass is 19.1. The van der Waals surface area contributed by atoms with Crippen molar-refractivity contribution in [3.8, 4) is 22.6 Å². The molecule has 0 fully saturated rings. The first kappa shape index (κ1) is 20.4. The molecule has 3 rings (SSSR count). The number of rotatable bonds is 6. The van der Waals surface area contributed by atoms with Gasteiger partial charge in [-0.1, -0.05) is 57.2 Å². The molecular weight excluding hydrogens is 367 g/mol. The molecule has 29 heavy (non-hydrogen) atoms. The largest absolute Gasteiger partial charge is 0.478 e. The maximum absolute atomic E-state index is 13.5. The van der Waals surface area contributed by atoms with Crippen molar-refractivity contribution in [2.75, 3.05) is 0 Å². The number of hydrogen-bond donors (Lipinski definition) is 1. The number of nitrogens with zero attached hydrogens (tertiary/aromatic N) is 2. The number of hydrogen-bond acceptors (Lipinski definition) is 3. The lowest BCUT2D eigenvalue weighted by molar-refractivity contribution is -0.130. The van der Waals surface area contributed by atoms with Crippen molar-refractivity contribution < 1.29 is 14.3 Å². The van der Waals surface area contributed by atoms with E-state index in [4.69, 9.17) is 9.97 Å². The van der Waals surface area contributed by atoms with E-state index in [2.05, 4.69) is 0 Å². The molecule has 1 N–H and O–H groups in total. The molecule has 0 amide bonds. The van der Waals surface area contributed by atoms with Gasteiger partial charge in [0.25, 0.3) is 0 Å². The number of aliphatic carboxylic acids is 1. The van der Waals surface area contributed by atoms with E-state index in [0.717, 1.165) is 5.56 Å². The van der Waals surface area contributed by atoms with Crippen LogP contribution in [0.25, 0.3) is 28.2 Å². The molecule has 0 atom stereocenters. The zero-order valence-electron chi connectivity index (χ0n) is 16.7. The van der Waals surface area contributed by atoms with Gasteiger partial charge >= 0.3 is 5.97 Å². The van der Waals surface area contributed by atoms with Crippen LogP contribution >= 0.6 is 0 Å². The SMILES string of the molecule is CCC=C(C(=O)O)c1c(-c2ccc(F)cc2)nc(-c2ccccc2)nc1C(C)C. The summed E-state index contributed by atoms with van der Waals surface area (Å²) in [5, 5.41) is 9.88. The molecule has 0 bridgehead atoms. The van der Waals surface area contributed by atoms with Crippen LogP contribution in [0, 0.1) is 5.82 Å². The second-order valence-corrected chi connectivity index (χ2v) is 7.01. The van der Waals surface area contributed by atoms with Gasteiger partial charge in [0.2, 0.25) is 0 Å². The van der Waals surface area contributed by atoms with Crippen molar-refractivity contribution in [1.29, 1.82) is 0 Å². The lowest BCUT2D eigenvalue weighted by atomic mass is 9.92. The number of allylic oxidation sites excluding steroid dienone is 1. The minimum atomic E-state index is -1.03. The monoisotopic (exact) mass is 390 g/mol. The Morgan fingerprint density at radius 2 is 1.69 bits per heavy atom. The van der Waals surface area contributed by atoms with Crippen molar-refractivity contribution in [3.63, 3.8) is 0 Å². The minimum absolute atomic E-state index is 0.0331. The lowest BCUT2D eigenvalue weighted by Gasteiger charge is -2.18. The Hall–Kier alpha value is -3.34. The second-order valence-electron chi connectivity index (χ2n) is 7.01. The van der Waals surface area contributed by atoms with Crippen LogP contribution in [-0.2, 0) is 4.79 Å². The topological polar surface area (TPSA) is 63.1 Å². The summed E-state index contributed by atoms with van der Waals surface area (Å²) in [7, 11) is 0. The van der Waals surface area contributed by atoms with E-state index in [9.17, 15) is 14.3 Å². The van der Waals surface area contributed by atoms with Crippen LogP contribution in [-0.4, -0.2) is 21.0 Å². The molecule has 0 aliphatic heterocycles. The van der Waals surface area contributed by atoms with Crippen LogP contribution in [0.15, 0.2) is 60.7 Å². The molecule has 1 heterocycles. The molecule has 0 radical (unpaired) electrons. The molecule has 1 aromatic heterocycles. The molecule has 0 spiro atoms. The van der Waals surface area contributed by atoms with Gasteiger partial charge in [0, 0.05) is 16.7 Å². The highest BCUT2D eigenvalue weighted by Gasteiger charge is 2.25. The first-order valence-electron chi connectivity index (χ1n) is 9.59. The van der Waals surface area contributed by atoms with E-state index >= 15 is 0 Å². The summed E-state index contributed by atoms with van der Waals surface area (Å²) in [6, 6.07) is 15.5. The average Bonchev–Trinajstić information content (AvgIpc) is 2.72. The van der Waals surface area contributed by atoms with Crippen molar-refractivity contribution >= 4 is 11.5 Å². The molecule has 3 aromatic rings. The van der Waals surface area contributed by atoms with E-state index in [-0.39, 0.29) is 17.3 Å². The first-order chi connectivity index (χ1) is 13.9. The van der Waals surface area contributed by atoms with Crippen molar-refractivity contribution in [2.24, 2.45) is 0 Å². The van der Waals surface area contributed by atoms with Gasteiger partial charge in [-0.15, -0.1) is 0 Å². The van der Waals surface area contributed by atoms with E-state index in [1.165, 1.54) is 12.1 Å². The van der Waals surface area contributed by atoms with Crippen LogP contribution in [0.5, 0.6) is 0 Å². The molecule has 0 saturated heterocycles. The fourth-order valence-corrected chi connectivity index (χ4v) is 3.19. The van der Waals surface area contributed by atoms with Gasteiger partial charge in [0.1, 0.15) is 5.82 Å². The van der Waals surface area contributed by atoms with Crippen LogP contribution in [0.2, 0.25) is 0 Å². The van der Waals surface area contributed by atoms with Crippen LogP contribution in [0.4, 0.5) is 4.39 Å². The fourth-order valence-electron chi connectivity index (χ4n) is 3.19. The van der Waals surface area contributed by atoms with Crippen molar-refractivity contribution in [3.05, 3.63) is 77.7 Å². The zero-order valence-corrected chi connectivity index (χ0v) is 16.7. The summed E-state index contributed by atoms with van der Waals surface area (Å²) in [4.78, 5) is 21.5. The normalized spacial score (nSPS) is 11.7. The Morgan fingerprint density at radius 3 is 2.24 bits per heavy atom. The van der Waals surface area contributed by atoms with Gasteiger partial charge < -0.3 is 5.11 Å². The van der Waals surface area contributed by atoms with Gasteiger partial charge in [-0.3, -0.25) is 0 Å². The Morgan fingerprint density at radius 1 is 1.03 bits per heavy atom. The van der Waals surface area contributed by atoms with Gasteiger partial charge in [0.05, 0.1) is 17.0 Å². The molecule has 4 nitrogen and oxygen atoms in total. The van der Waals surface area contributed by atoms with Crippen LogP contribution < -0.4 is 0 Å². The molecule has 5 heteroatoms. The average molecular weight is 390 g/mol. The molecule has 148 valence electrons. The second kappa shape index (κ2) is 8.78. The van der Waals surface area contributed by atoms with Crippen LogP contribution in [0.3, 0.4) is 0 Å². The zero-order chi connectivity index (χ0) is 21.0. The van der Waals surface area contributed by atoms with E-state index in [1.54, 1.807) is 18.2 Å². The highest BCUT2D eigenvalue weighted by molar-refractivity contribution is 6.17. The standard InChI is InChI=1S/C24H23FN2O2/c1-4-8-19(24(28)29)20-21(15(2)3)26-23(17-9-6-5-7-10-17)27-22(20)16-11-13-18(25)14-12-16/h5-15H,4H2,1-3H3,(H,28,29). The van der Waals surface area contributed by atoms with Gasteiger partial charge in [0.15, 0.2) is 5.82 Å². The van der Waals surface area contributed by atoms with Crippen molar-refractivity contribution in [1.82, 2.24) is 9.97 Å². The summed E-state index contributed by atoms with van der Waals surface area (Å²) in [6.07, 6.45) is 2.23. The minimum Gasteiger partial charge on any atom is -0.478 e. The van der Waals surface area contributed by atoms with Gasteiger partial charge in [-0.2, -0.15) is 0 Å². The third-order valence-electron chi connectivity index (χ3n) is 4.54. The molecular formula is C24H23FN2O2. The predicted octanol–water partition coefficient (Wildman–Crippen LogP) is 5.95. The third kappa shape index (κ3) is 4.40. The van der Waals surface area contributed by atoms with E-state index in [1.807, 2.05) is 51.1 Å². The Kier molecular flexibility index (Phi) is 6.17. The molecule has 0 saturated carbocycles. The van der Waals surface area contributed by atoms with Crippen molar-refractivity contribution in [2.45, 2.75) is 33.1 Å². The molecule has 2 aromatic carbocycles. The highest BCUT2D eigenvalue weighted by Crippen LogP contribution is 2.35. The predicted molar refractivity (Wildman–Crippen MR) is 113 cm³/mol. The molecule has 0 aliphatic carbocycles. The maximum atomic E-state index is 13.5. The summed E-state index contributed by atoms with van der Waals surface area (Å²) >= 11 is 0. The summed E-state index contributed by atoms with van der Waals surface area (Å²) in [5.74, 6) is -0.916. The number of carbonyl (C=O) groups is 1. The quantitative estimate of drug-likeness (QED) is 0.528. The summed E-state index contributed by atoms with van der Waals surface area (Å²) in [5.41, 5.74) is 3.27. The molecule has 0 unspecified atom stereocenters. The number of halogens is 1. The smallest absolute Gasteiger partial charge is 0.336 e. The Balaban J connectivity index is 2.39. The van der Waals surface area contributed by atoms with E-state index < -0.39 is 5.97 Å². The first-order valence-corrected chi connectivity index (χ1v) is 9.59. The summed E-state index contributed by atoms with van der Waals surface area (Å²) in [6.45, 7) is 5.83. The lowest BCUT2D eigenvalue weighted by Crippen LogP contribution is -2.11. The number of carboxylic acids is 1. The fraction of sp³-hybridized carbons (Fsp3) is 0.208. The van der Waals surface area contributed by atoms with Gasteiger partial charge in [-0.25, -0.2) is 19.2 Å². The maximum Gasteiger partial charge on any atom is 0.336 e. The number of benzene rings is 2. The molecule has 0 aliphatic rings. The van der Waals surface area contributed by atoms with Gasteiger partial charge in [-0.05, 0) is 36.6 Å². The van der Waals surface area contributed by atoms with Crippen LogP contribution in [0.1, 0.15) is 44.4 Å². The number of carboxylic acid groups (broad SMARTS) is 1. The summed E-state index contributed by atoms with van der Waals surface area (Å²) < 4.78 is 13.5. The number of aromatic nitrogens is 2. The van der Waals surface area contributed by atoms with E-state index in [0.29, 0.717) is 34.8 Å². The third-order valence-corrected chi connectivity index (χ3v) is 4.54. The Labute approximate surface area is 169 Å².